The van der Waals surface area contributed by atoms with E-state index in [1.807, 2.05) is 0 Å². The molecule has 1 nitrogen and oxygen atoms in total. The van der Waals surface area contributed by atoms with Crippen LogP contribution in [0.1, 0.15) is 22.3 Å². The molecule has 0 heterocycles. The molecule has 0 fully saturated rings. The van der Waals surface area contributed by atoms with Gasteiger partial charge in [-0.05, 0) is 74.8 Å². The van der Waals surface area contributed by atoms with Gasteiger partial charge in [0.1, 0.15) is 5.75 Å². The third-order valence-corrected chi connectivity index (χ3v) is 7.08. The smallest absolute Gasteiger partial charge is 0.115 e. The summed E-state index contributed by atoms with van der Waals surface area (Å²) >= 11 is 0. The lowest BCUT2D eigenvalue weighted by Crippen LogP contribution is -2.24. The molecule has 0 aliphatic carbocycles. The first-order valence-corrected chi connectivity index (χ1v) is 9.53. The van der Waals surface area contributed by atoms with Gasteiger partial charge in [-0.3, -0.25) is 0 Å². The SMILES string of the molecule is Cc1ccc(P(c2ccc(O)cc2)c2ccc(C)cc2C)c(C)c1. The van der Waals surface area contributed by atoms with Crippen molar-refractivity contribution in [3.05, 3.63) is 82.9 Å². The van der Waals surface area contributed by atoms with E-state index < -0.39 is 7.92 Å². The van der Waals surface area contributed by atoms with Gasteiger partial charge in [0.2, 0.25) is 0 Å². The standard InChI is InChI=1S/C22H23OP/c1-15-5-11-21(17(3)13-15)24(20-9-7-19(23)8-10-20)22-12-6-16(2)14-18(22)4/h5-14,23H,1-4H3. The van der Waals surface area contributed by atoms with E-state index in [0.717, 1.165) is 0 Å². The van der Waals surface area contributed by atoms with Crippen LogP contribution in [0.4, 0.5) is 0 Å². The summed E-state index contributed by atoms with van der Waals surface area (Å²) in [6.07, 6.45) is 0. The molecule has 3 aromatic carbocycles. The molecule has 0 saturated heterocycles. The number of rotatable bonds is 3. The molecule has 122 valence electrons. The summed E-state index contributed by atoms with van der Waals surface area (Å²) in [6, 6.07) is 21.1. The van der Waals surface area contributed by atoms with Crippen molar-refractivity contribution in [1.29, 1.82) is 0 Å². The van der Waals surface area contributed by atoms with Crippen LogP contribution in [0.5, 0.6) is 5.75 Å². The van der Waals surface area contributed by atoms with Gasteiger partial charge in [-0.2, -0.15) is 0 Å². The highest BCUT2D eigenvalue weighted by molar-refractivity contribution is 7.80. The summed E-state index contributed by atoms with van der Waals surface area (Å²) in [5.41, 5.74) is 5.23. The van der Waals surface area contributed by atoms with Gasteiger partial charge in [-0.25, -0.2) is 0 Å². The molecule has 0 aliphatic heterocycles. The first-order valence-electron chi connectivity index (χ1n) is 8.19. The number of phenols is 1. The van der Waals surface area contributed by atoms with Gasteiger partial charge < -0.3 is 5.11 Å². The fourth-order valence-electron chi connectivity index (χ4n) is 3.12. The number of aryl methyl sites for hydroxylation is 4. The molecule has 0 atom stereocenters. The summed E-state index contributed by atoms with van der Waals surface area (Å²) in [5.74, 6) is 0.315. The number of hydrogen-bond acceptors (Lipinski definition) is 1. The Balaban J connectivity index is 2.22. The lowest BCUT2D eigenvalue weighted by Gasteiger charge is -2.23. The Morgan fingerprint density at radius 1 is 0.625 bits per heavy atom. The van der Waals surface area contributed by atoms with E-state index in [4.69, 9.17) is 0 Å². The highest BCUT2D eigenvalue weighted by Crippen LogP contribution is 2.36. The van der Waals surface area contributed by atoms with Crippen LogP contribution in [-0.2, 0) is 0 Å². The molecule has 0 aromatic heterocycles. The van der Waals surface area contributed by atoms with E-state index >= 15 is 0 Å². The molecule has 0 radical (unpaired) electrons. The van der Waals surface area contributed by atoms with Gasteiger partial charge in [0.15, 0.2) is 0 Å². The summed E-state index contributed by atoms with van der Waals surface area (Å²) in [7, 11) is -0.636. The Kier molecular flexibility index (Phi) is 4.73. The van der Waals surface area contributed by atoms with Gasteiger partial charge in [0, 0.05) is 0 Å². The molecule has 0 amide bonds. The molecule has 3 aromatic rings. The fraction of sp³-hybridized carbons (Fsp3) is 0.182. The van der Waals surface area contributed by atoms with Gasteiger partial charge >= 0.3 is 0 Å². The molecule has 0 bridgehead atoms. The number of aromatic hydroxyl groups is 1. The van der Waals surface area contributed by atoms with Crippen molar-refractivity contribution >= 4 is 23.8 Å². The highest BCUT2D eigenvalue weighted by atomic mass is 31.1. The zero-order valence-corrected chi connectivity index (χ0v) is 15.6. The largest absolute Gasteiger partial charge is 0.508 e. The second kappa shape index (κ2) is 6.79. The minimum atomic E-state index is -0.636. The third-order valence-electron chi connectivity index (χ3n) is 4.29. The summed E-state index contributed by atoms with van der Waals surface area (Å²) < 4.78 is 0. The Labute approximate surface area is 145 Å². The van der Waals surface area contributed by atoms with Crippen molar-refractivity contribution in [3.8, 4) is 5.75 Å². The average molecular weight is 334 g/mol. The van der Waals surface area contributed by atoms with Crippen molar-refractivity contribution in [2.75, 3.05) is 0 Å². The van der Waals surface area contributed by atoms with Gasteiger partial charge in [-0.1, -0.05) is 59.7 Å². The Bertz CT molecular complexity index is 814. The lowest BCUT2D eigenvalue weighted by molar-refractivity contribution is 0.475. The van der Waals surface area contributed by atoms with Crippen LogP contribution in [0.2, 0.25) is 0 Å². The molecule has 0 unspecified atom stereocenters. The zero-order chi connectivity index (χ0) is 17.3. The first-order chi connectivity index (χ1) is 11.5. The Hall–Kier alpha value is -2.11. The molecule has 1 N–H and O–H groups in total. The average Bonchev–Trinajstić information content (AvgIpc) is 2.53. The van der Waals surface area contributed by atoms with Crippen molar-refractivity contribution in [2.45, 2.75) is 27.7 Å². The fourth-order valence-corrected chi connectivity index (χ4v) is 5.67. The maximum atomic E-state index is 9.67. The predicted octanol–water partition coefficient (Wildman–Crippen LogP) is 4.38. The predicted molar refractivity (Wildman–Crippen MR) is 106 cm³/mol. The minimum absolute atomic E-state index is 0.315. The first kappa shape index (κ1) is 16.7. The van der Waals surface area contributed by atoms with E-state index in [2.05, 4.69) is 76.2 Å². The molecule has 24 heavy (non-hydrogen) atoms. The van der Waals surface area contributed by atoms with E-state index in [-0.39, 0.29) is 0 Å². The van der Waals surface area contributed by atoms with Crippen LogP contribution >= 0.6 is 7.92 Å². The van der Waals surface area contributed by atoms with E-state index in [9.17, 15) is 5.11 Å². The van der Waals surface area contributed by atoms with Crippen molar-refractivity contribution < 1.29 is 5.11 Å². The van der Waals surface area contributed by atoms with Gasteiger partial charge in [0.05, 0.1) is 0 Å². The summed E-state index contributed by atoms with van der Waals surface area (Å²) in [6.45, 7) is 8.66. The second-order valence-corrected chi connectivity index (χ2v) is 8.58. The monoisotopic (exact) mass is 334 g/mol. The molecule has 3 rings (SSSR count). The van der Waals surface area contributed by atoms with Crippen LogP contribution in [0.25, 0.3) is 0 Å². The highest BCUT2D eigenvalue weighted by Gasteiger charge is 2.20. The van der Waals surface area contributed by atoms with Crippen molar-refractivity contribution in [3.63, 3.8) is 0 Å². The number of benzene rings is 3. The van der Waals surface area contributed by atoms with E-state index in [1.165, 1.54) is 38.2 Å². The lowest BCUT2D eigenvalue weighted by atomic mass is 10.1. The molecule has 0 spiro atoms. The van der Waals surface area contributed by atoms with Crippen LogP contribution in [-0.4, -0.2) is 5.11 Å². The second-order valence-electron chi connectivity index (χ2n) is 6.43. The van der Waals surface area contributed by atoms with Crippen molar-refractivity contribution in [1.82, 2.24) is 0 Å². The maximum Gasteiger partial charge on any atom is 0.115 e. The third kappa shape index (κ3) is 3.37. The van der Waals surface area contributed by atoms with Crippen LogP contribution < -0.4 is 15.9 Å². The number of hydrogen-bond donors (Lipinski definition) is 1. The van der Waals surface area contributed by atoms with Crippen molar-refractivity contribution in [2.24, 2.45) is 0 Å². The van der Waals surface area contributed by atoms with Gasteiger partial charge in [-0.15, -0.1) is 0 Å². The molecular weight excluding hydrogens is 311 g/mol. The zero-order valence-electron chi connectivity index (χ0n) is 14.7. The van der Waals surface area contributed by atoms with Crippen LogP contribution in [0.15, 0.2) is 60.7 Å². The normalized spacial score (nSPS) is 11.0. The quantitative estimate of drug-likeness (QED) is 0.705. The topological polar surface area (TPSA) is 20.2 Å². The minimum Gasteiger partial charge on any atom is -0.508 e. The van der Waals surface area contributed by atoms with E-state index in [0.29, 0.717) is 5.75 Å². The van der Waals surface area contributed by atoms with Crippen LogP contribution in [0, 0.1) is 27.7 Å². The molecule has 2 heteroatoms. The Morgan fingerprint density at radius 2 is 1.08 bits per heavy atom. The molecular formula is C22H23OP. The number of phenolic OH excluding ortho intramolecular Hbond substituents is 1. The summed E-state index contributed by atoms with van der Waals surface area (Å²) in [5, 5.41) is 13.7. The summed E-state index contributed by atoms with van der Waals surface area (Å²) in [4.78, 5) is 0. The maximum absolute atomic E-state index is 9.67. The van der Waals surface area contributed by atoms with Crippen LogP contribution in [0.3, 0.4) is 0 Å². The van der Waals surface area contributed by atoms with E-state index in [1.54, 1.807) is 12.1 Å². The molecule has 0 saturated carbocycles. The molecule has 0 aliphatic rings. The Morgan fingerprint density at radius 3 is 1.50 bits per heavy atom. The van der Waals surface area contributed by atoms with Gasteiger partial charge in [0.25, 0.3) is 0 Å².